The molecular formula is C14H15N3O2. The largest absolute Gasteiger partial charge is 0.477 e. The van der Waals surface area contributed by atoms with Gasteiger partial charge in [0.2, 0.25) is 0 Å². The predicted octanol–water partition coefficient (Wildman–Crippen LogP) is 2.40. The monoisotopic (exact) mass is 257 g/mol. The Hall–Kier alpha value is -2.43. The number of rotatable bonds is 4. The second-order valence-corrected chi connectivity index (χ2v) is 4.26. The summed E-state index contributed by atoms with van der Waals surface area (Å²) in [5, 5.41) is 12.1. The van der Waals surface area contributed by atoms with Gasteiger partial charge in [-0.1, -0.05) is 24.3 Å². The Morgan fingerprint density at radius 3 is 2.74 bits per heavy atom. The van der Waals surface area contributed by atoms with E-state index in [2.05, 4.69) is 15.3 Å². The molecule has 0 aliphatic carbocycles. The van der Waals surface area contributed by atoms with Crippen molar-refractivity contribution in [2.75, 3.05) is 5.32 Å². The number of benzene rings is 1. The molecule has 0 amide bonds. The molecule has 2 N–H and O–H groups in total. The minimum absolute atomic E-state index is 0.0826. The average molecular weight is 257 g/mol. The molecule has 0 spiro atoms. The molecule has 0 saturated heterocycles. The first-order chi connectivity index (χ1) is 9.08. The van der Waals surface area contributed by atoms with E-state index in [4.69, 9.17) is 5.11 Å². The highest BCUT2D eigenvalue weighted by atomic mass is 16.4. The number of nitrogens with one attached hydrogen (secondary N) is 1. The van der Waals surface area contributed by atoms with Crippen LogP contribution in [0.2, 0.25) is 0 Å². The molecule has 0 aliphatic heterocycles. The number of hydrogen-bond acceptors (Lipinski definition) is 4. The smallest absolute Gasteiger partial charge is 0.341 e. The van der Waals surface area contributed by atoms with Gasteiger partial charge < -0.3 is 10.4 Å². The lowest BCUT2D eigenvalue weighted by Gasteiger charge is -2.10. The van der Waals surface area contributed by atoms with Crippen molar-refractivity contribution in [2.24, 2.45) is 0 Å². The maximum absolute atomic E-state index is 11.1. The van der Waals surface area contributed by atoms with Crippen LogP contribution in [0.5, 0.6) is 0 Å². The van der Waals surface area contributed by atoms with Gasteiger partial charge in [-0.25, -0.2) is 14.8 Å². The van der Waals surface area contributed by atoms with Gasteiger partial charge in [0.05, 0.1) is 0 Å². The van der Waals surface area contributed by atoms with Crippen LogP contribution in [0.25, 0.3) is 0 Å². The van der Waals surface area contributed by atoms with E-state index < -0.39 is 5.97 Å². The summed E-state index contributed by atoms with van der Waals surface area (Å²) in [5.74, 6) is -0.146. The SMILES string of the molecule is Cc1ncc(C(=O)O)c(NCc2ccccc2C)n1. The lowest BCUT2D eigenvalue weighted by Crippen LogP contribution is -2.10. The summed E-state index contributed by atoms with van der Waals surface area (Å²) in [6.07, 6.45) is 1.32. The third-order valence-electron chi connectivity index (χ3n) is 2.85. The minimum Gasteiger partial charge on any atom is -0.477 e. The Labute approximate surface area is 111 Å². The first-order valence-corrected chi connectivity index (χ1v) is 5.93. The van der Waals surface area contributed by atoms with Crippen LogP contribution in [-0.2, 0) is 6.54 Å². The molecule has 5 heteroatoms. The van der Waals surface area contributed by atoms with Crippen LogP contribution in [0.3, 0.4) is 0 Å². The van der Waals surface area contributed by atoms with E-state index in [0.29, 0.717) is 18.2 Å². The van der Waals surface area contributed by atoms with E-state index in [1.54, 1.807) is 6.92 Å². The number of aromatic nitrogens is 2. The number of aromatic carboxylic acids is 1. The average Bonchev–Trinajstić information content (AvgIpc) is 2.37. The standard InChI is InChI=1S/C14H15N3O2/c1-9-5-3-4-6-11(9)7-16-13-12(14(18)19)8-15-10(2)17-13/h3-6,8H,7H2,1-2H3,(H,18,19)(H,15,16,17). The molecular weight excluding hydrogens is 242 g/mol. The van der Waals surface area contributed by atoms with Gasteiger partial charge in [-0.2, -0.15) is 0 Å². The fraction of sp³-hybridized carbons (Fsp3) is 0.214. The van der Waals surface area contributed by atoms with Gasteiger partial charge in [-0.05, 0) is 25.0 Å². The number of carboxylic acid groups (broad SMARTS) is 1. The van der Waals surface area contributed by atoms with Crippen LogP contribution in [0.1, 0.15) is 27.3 Å². The summed E-state index contributed by atoms with van der Waals surface area (Å²) in [6, 6.07) is 7.93. The quantitative estimate of drug-likeness (QED) is 0.879. The second-order valence-electron chi connectivity index (χ2n) is 4.26. The highest BCUT2D eigenvalue weighted by Crippen LogP contribution is 2.14. The third kappa shape index (κ3) is 3.07. The summed E-state index contributed by atoms with van der Waals surface area (Å²) >= 11 is 0. The van der Waals surface area contributed by atoms with Crippen LogP contribution in [-0.4, -0.2) is 21.0 Å². The van der Waals surface area contributed by atoms with E-state index in [-0.39, 0.29) is 5.56 Å². The van der Waals surface area contributed by atoms with Gasteiger partial charge in [0.1, 0.15) is 17.2 Å². The Bertz CT molecular complexity index is 611. The van der Waals surface area contributed by atoms with Crippen molar-refractivity contribution in [3.63, 3.8) is 0 Å². The molecule has 0 fully saturated rings. The van der Waals surface area contributed by atoms with Gasteiger partial charge in [-0.15, -0.1) is 0 Å². The molecule has 19 heavy (non-hydrogen) atoms. The fourth-order valence-electron chi connectivity index (χ4n) is 1.75. The van der Waals surface area contributed by atoms with Gasteiger partial charge in [0.15, 0.2) is 0 Å². The van der Waals surface area contributed by atoms with E-state index in [0.717, 1.165) is 11.1 Å². The molecule has 1 aromatic carbocycles. The Kier molecular flexibility index (Phi) is 3.75. The first-order valence-electron chi connectivity index (χ1n) is 5.93. The number of aryl methyl sites for hydroxylation is 2. The topological polar surface area (TPSA) is 75.1 Å². The molecule has 98 valence electrons. The Morgan fingerprint density at radius 1 is 1.32 bits per heavy atom. The van der Waals surface area contributed by atoms with Crippen molar-refractivity contribution in [3.8, 4) is 0 Å². The molecule has 2 aromatic rings. The lowest BCUT2D eigenvalue weighted by atomic mass is 10.1. The predicted molar refractivity (Wildman–Crippen MR) is 72.2 cm³/mol. The molecule has 0 aliphatic rings. The van der Waals surface area contributed by atoms with Crippen LogP contribution in [0, 0.1) is 13.8 Å². The molecule has 0 radical (unpaired) electrons. The summed E-state index contributed by atoms with van der Waals surface area (Å²) in [7, 11) is 0. The van der Waals surface area contributed by atoms with Crippen molar-refractivity contribution in [1.82, 2.24) is 9.97 Å². The van der Waals surface area contributed by atoms with Crippen molar-refractivity contribution in [2.45, 2.75) is 20.4 Å². The summed E-state index contributed by atoms with van der Waals surface area (Å²) in [4.78, 5) is 19.1. The lowest BCUT2D eigenvalue weighted by molar-refractivity contribution is 0.0697. The van der Waals surface area contributed by atoms with E-state index >= 15 is 0 Å². The van der Waals surface area contributed by atoms with Gasteiger partial charge in [-0.3, -0.25) is 0 Å². The highest BCUT2D eigenvalue weighted by Gasteiger charge is 2.12. The summed E-state index contributed by atoms with van der Waals surface area (Å²) < 4.78 is 0. The maximum atomic E-state index is 11.1. The number of anilines is 1. The maximum Gasteiger partial charge on any atom is 0.341 e. The van der Waals surface area contributed by atoms with E-state index in [9.17, 15) is 4.79 Å². The van der Waals surface area contributed by atoms with Crippen LogP contribution >= 0.6 is 0 Å². The zero-order valence-electron chi connectivity index (χ0n) is 10.8. The summed E-state index contributed by atoms with van der Waals surface area (Å²) in [6.45, 7) is 4.27. The number of hydrogen-bond donors (Lipinski definition) is 2. The Morgan fingerprint density at radius 2 is 2.05 bits per heavy atom. The van der Waals surface area contributed by atoms with E-state index in [1.807, 2.05) is 31.2 Å². The number of nitrogens with zero attached hydrogens (tertiary/aromatic N) is 2. The molecule has 5 nitrogen and oxygen atoms in total. The molecule has 0 saturated carbocycles. The normalized spacial score (nSPS) is 10.2. The molecule has 0 bridgehead atoms. The second kappa shape index (κ2) is 5.48. The van der Waals surface area contributed by atoms with Crippen LogP contribution in [0.15, 0.2) is 30.5 Å². The summed E-state index contributed by atoms with van der Waals surface area (Å²) in [5.41, 5.74) is 2.34. The van der Waals surface area contributed by atoms with Crippen molar-refractivity contribution in [1.29, 1.82) is 0 Å². The first kappa shape index (κ1) is 13.0. The van der Waals surface area contributed by atoms with E-state index in [1.165, 1.54) is 6.20 Å². The molecule has 1 heterocycles. The highest BCUT2D eigenvalue weighted by molar-refractivity contribution is 5.92. The van der Waals surface area contributed by atoms with Gasteiger partial charge >= 0.3 is 5.97 Å². The minimum atomic E-state index is -1.03. The number of carboxylic acids is 1. The van der Waals surface area contributed by atoms with Crippen LogP contribution in [0.4, 0.5) is 5.82 Å². The molecule has 1 aromatic heterocycles. The zero-order chi connectivity index (χ0) is 13.8. The van der Waals surface area contributed by atoms with Crippen molar-refractivity contribution < 1.29 is 9.90 Å². The van der Waals surface area contributed by atoms with Gasteiger partial charge in [0, 0.05) is 12.7 Å². The molecule has 0 atom stereocenters. The van der Waals surface area contributed by atoms with Crippen LogP contribution < -0.4 is 5.32 Å². The third-order valence-corrected chi connectivity index (χ3v) is 2.85. The van der Waals surface area contributed by atoms with Crippen molar-refractivity contribution in [3.05, 3.63) is 53.0 Å². The zero-order valence-corrected chi connectivity index (χ0v) is 10.8. The molecule has 0 unspecified atom stereocenters. The number of carbonyl (C=O) groups is 1. The Balaban J connectivity index is 2.22. The van der Waals surface area contributed by atoms with Crippen molar-refractivity contribution >= 4 is 11.8 Å². The van der Waals surface area contributed by atoms with Gasteiger partial charge in [0.25, 0.3) is 0 Å². The molecule has 2 rings (SSSR count). The fourth-order valence-corrected chi connectivity index (χ4v) is 1.75.